The van der Waals surface area contributed by atoms with Gasteiger partial charge in [-0.05, 0) is 84.5 Å². The first kappa shape index (κ1) is 48.7. The van der Waals surface area contributed by atoms with Gasteiger partial charge < -0.3 is 4.74 Å². The number of esters is 1. The number of Topliss-reactive ketones (excluding diaryl/α,β-unsaturated/α-hetero) is 4. The van der Waals surface area contributed by atoms with Crippen molar-refractivity contribution in [1.82, 2.24) is 0 Å². The number of hydrogen-bond acceptors (Lipinski definition) is 6. The van der Waals surface area contributed by atoms with Gasteiger partial charge in [0.05, 0.1) is 6.61 Å². The van der Waals surface area contributed by atoms with E-state index in [1.165, 1.54) is 12.5 Å². The van der Waals surface area contributed by atoms with Crippen molar-refractivity contribution < 1.29 is 30.1 Å². The van der Waals surface area contributed by atoms with Gasteiger partial charge in [-0.15, -0.1) is 6.58 Å². The molecule has 310 valence electrons. The van der Waals surface area contributed by atoms with Gasteiger partial charge >= 0.3 is 5.97 Å². The second-order valence-electron chi connectivity index (χ2n) is 14.3. The smallest absolute Gasteiger partial charge is 0.317 e. The van der Waals surface area contributed by atoms with Crippen LogP contribution in [0.15, 0.2) is 104 Å². The molecule has 5 rings (SSSR count). The summed E-state index contributed by atoms with van der Waals surface area (Å²) < 4.78 is 5.22. The van der Waals surface area contributed by atoms with Gasteiger partial charge in [0.2, 0.25) is 0 Å². The predicted molar refractivity (Wildman–Crippen MR) is 242 cm³/mol. The zero-order chi connectivity index (χ0) is 43.7. The average Bonchev–Trinajstić information content (AvgIpc) is 3.44. The zero-order valence-electron chi connectivity index (χ0n) is 36.7. The van der Waals surface area contributed by atoms with Gasteiger partial charge in [0.25, 0.3) is 0 Å². The second kappa shape index (κ2) is 23.0. The molecule has 0 fully saturated rings. The summed E-state index contributed by atoms with van der Waals surface area (Å²) in [5, 5.41) is 0. The summed E-state index contributed by atoms with van der Waals surface area (Å²) in [5.41, 5.74) is 7.18. The largest absolute Gasteiger partial charge is 0.465 e. The highest BCUT2D eigenvalue weighted by Crippen LogP contribution is 2.47. The molecule has 0 aliphatic heterocycles. The lowest BCUT2D eigenvalue weighted by Crippen LogP contribution is -2.41. The normalized spacial score (nSPS) is 15.0. The molecule has 1 aliphatic rings. The maximum Gasteiger partial charge on any atom is 0.317 e. The van der Waals surface area contributed by atoms with Crippen LogP contribution < -0.4 is 0 Å². The van der Waals surface area contributed by atoms with Gasteiger partial charge in [0.1, 0.15) is 11.2 Å². The summed E-state index contributed by atoms with van der Waals surface area (Å²) in [4.78, 5) is 63.2. The van der Waals surface area contributed by atoms with Crippen LogP contribution in [0.3, 0.4) is 0 Å². The summed E-state index contributed by atoms with van der Waals surface area (Å²) in [5.74, 6) is -0.550. The molecule has 0 aromatic heterocycles. The van der Waals surface area contributed by atoms with Gasteiger partial charge in [0.15, 0.2) is 17.3 Å². The standard InChI is InChI=1S/C32H34O3.C16H18O3.2C2H6.H2/c1-7-9-30(34)29-19-24(18-22(5)33)12-17-27(29)23(6)32(35)28-11-8-10-21(4)31(28)26-15-13-25(14-16-26)20(2)3;1-4-10-16(15(18)19-5-2)11(3)14(17)12-8-6-7-9-13(12)16;2*1-2;/h8,10-17,19-20H,6-7,9,18H2,1-5H3;4,6-9,11H,1,5,10H2,2-3H3;2*1-2H3;1H. The van der Waals surface area contributed by atoms with E-state index in [-0.39, 0.29) is 42.5 Å². The van der Waals surface area contributed by atoms with E-state index < -0.39 is 11.3 Å². The number of fused-ring (bicyclic) bond motifs is 1. The Hall–Kier alpha value is -5.49. The lowest BCUT2D eigenvalue weighted by molar-refractivity contribution is -0.151. The van der Waals surface area contributed by atoms with Crippen molar-refractivity contribution in [3.63, 3.8) is 0 Å². The number of ether oxygens (including phenoxy) is 1. The van der Waals surface area contributed by atoms with E-state index in [4.69, 9.17) is 4.74 Å². The average molecular weight is 787 g/mol. The van der Waals surface area contributed by atoms with Crippen LogP contribution in [0.4, 0.5) is 0 Å². The minimum atomic E-state index is -0.911. The monoisotopic (exact) mass is 786 g/mol. The fourth-order valence-electron chi connectivity index (χ4n) is 7.33. The molecule has 4 aromatic rings. The van der Waals surface area contributed by atoms with Crippen LogP contribution in [0.25, 0.3) is 16.7 Å². The van der Waals surface area contributed by atoms with Gasteiger partial charge in [-0.2, -0.15) is 0 Å². The molecule has 0 N–H and O–H groups in total. The van der Waals surface area contributed by atoms with E-state index in [2.05, 4.69) is 51.3 Å². The topological polar surface area (TPSA) is 94.6 Å². The van der Waals surface area contributed by atoms with E-state index in [0.29, 0.717) is 54.0 Å². The van der Waals surface area contributed by atoms with Crippen LogP contribution in [0.2, 0.25) is 0 Å². The fraction of sp³-hybridized carbons (Fsp3) is 0.365. The first-order valence-electron chi connectivity index (χ1n) is 20.7. The zero-order valence-corrected chi connectivity index (χ0v) is 36.7. The summed E-state index contributed by atoms with van der Waals surface area (Å²) in [6.07, 6.45) is 3.42. The molecular formula is C52H66O6. The molecule has 6 heteroatoms. The van der Waals surface area contributed by atoms with E-state index in [0.717, 1.165) is 27.8 Å². The molecule has 0 saturated carbocycles. The van der Waals surface area contributed by atoms with Crippen LogP contribution in [0, 0.1) is 12.8 Å². The number of aryl methyl sites for hydroxylation is 1. The van der Waals surface area contributed by atoms with E-state index >= 15 is 0 Å². The lowest BCUT2D eigenvalue weighted by Gasteiger charge is -2.30. The summed E-state index contributed by atoms with van der Waals surface area (Å²) in [7, 11) is 0. The Kier molecular flexibility index (Phi) is 19.3. The Balaban J connectivity index is 0.000000613. The number of hydrogen-bond donors (Lipinski definition) is 0. The quantitative estimate of drug-likeness (QED) is 0.0547. The molecule has 0 heterocycles. The van der Waals surface area contributed by atoms with E-state index in [1.807, 2.05) is 77.9 Å². The van der Waals surface area contributed by atoms with Crippen molar-refractivity contribution in [1.29, 1.82) is 0 Å². The first-order valence-corrected chi connectivity index (χ1v) is 20.7. The Morgan fingerprint density at radius 2 is 1.50 bits per heavy atom. The van der Waals surface area contributed by atoms with Gasteiger partial charge in [0, 0.05) is 42.4 Å². The molecule has 0 bridgehead atoms. The van der Waals surface area contributed by atoms with Crippen molar-refractivity contribution in [3.8, 4) is 11.1 Å². The van der Waals surface area contributed by atoms with Crippen LogP contribution in [0.1, 0.15) is 155 Å². The first-order chi connectivity index (χ1) is 27.7. The number of allylic oxidation sites excluding steroid dienone is 2. The number of ketones is 4. The minimum absolute atomic E-state index is 0. The van der Waals surface area contributed by atoms with Crippen LogP contribution in [-0.2, 0) is 26.2 Å². The highest BCUT2D eigenvalue weighted by molar-refractivity contribution is 6.31. The Morgan fingerprint density at radius 1 is 0.862 bits per heavy atom. The maximum atomic E-state index is 13.8. The highest BCUT2D eigenvalue weighted by atomic mass is 16.5. The molecule has 0 amide bonds. The third-order valence-corrected chi connectivity index (χ3v) is 10.2. The van der Waals surface area contributed by atoms with Crippen LogP contribution >= 0.6 is 0 Å². The third kappa shape index (κ3) is 10.9. The summed E-state index contributed by atoms with van der Waals surface area (Å²) in [6.45, 7) is 29.5. The van der Waals surface area contributed by atoms with Crippen LogP contribution in [-0.4, -0.2) is 35.7 Å². The number of carbonyl (C=O) groups excluding carboxylic acids is 5. The van der Waals surface area contributed by atoms with Gasteiger partial charge in [-0.3, -0.25) is 24.0 Å². The molecule has 4 aromatic carbocycles. The molecule has 2 atom stereocenters. The molecule has 0 radical (unpaired) electrons. The maximum absolute atomic E-state index is 13.8. The van der Waals surface area contributed by atoms with Gasteiger partial charge in [-0.25, -0.2) is 0 Å². The van der Waals surface area contributed by atoms with Crippen molar-refractivity contribution in [2.24, 2.45) is 5.92 Å². The molecule has 2 unspecified atom stereocenters. The number of carbonyl (C=O) groups is 5. The van der Waals surface area contributed by atoms with E-state index in [9.17, 15) is 24.0 Å². The Morgan fingerprint density at radius 3 is 2.07 bits per heavy atom. The fourth-order valence-corrected chi connectivity index (χ4v) is 7.33. The molecule has 58 heavy (non-hydrogen) atoms. The molecule has 6 nitrogen and oxygen atoms in total. The summed E-state index contributed by atoms with van der Waals surface area (Å²) >= 11 is 0. The minimum Gasteiger partial charge on any atom is -0.465 e. The Labute approximate surface area is 349 Å². The third-order valence-electron chi connectivity index (χ3n) is 10.2. The number of rotatable bonds is 14. The molecule has 0 saturated heterocycles. The highest BCUT2D eigenvalue weighted by Gasteiger charge is 2.55. The SMILES string of the molecule is C=C(C(=O)c1cccc(C)c1-c1ccc(C(C)C)cc1)c1ccc(CC(C)=O)cc1C(=O)CCC.C=CCC1(C(=O)OCC)c2ccccc2C(=O)C1C.CC.CC.[HH]. The second-order valence-corrected chi connectivity index (χ2v) is 14.3. The lowest BCUT2D eigenvalue weighted by atomic mass is 9.72. The van der Waals surface area contributed by atoms with Crippen molar-refractivity contribution in [3.05, 3.63) is 149 Å². The van der Waals surface area contributed by atoms with Crippen molar-refractivity contribution in [2.75, 3.05) is 6.61 Å². The van der Waals surface area contributed by atoms with Crippen molar-refractivity contribution >= 4 is 34.7 Å². The molecule has 1 aliphatic carbocycles. The molecular weight excluding hydrogens is 721 g/mol. The Bertz CT molecular complexity index is 2090. The van der Waals surface area contributed by atoms with Crippen molar-refractivity contribution in [2.45, 2.75) is 113 Å². The van der Waals surface area contributed by atoms with E-state index in [1.54, 1.807) is 44.2 Å². The predicted octanol–water partition coefficient (Wildman–Crippen LogP) is 13.0. The summed E-state index contributed by atoms with van der Waals surface area (Å²) in [6, 6.07) is 26.6. The van der Waals surface area contributed by atoms with Crippen LogP contribution in [0.5, 0.6) is 0 Å². The van der Waals surface area contributed by atoms with Gasteiger partial charge in [-0.1, -0.05) is 147 Å². The number of benzene rings is 4. The molecule has 0 spiro atoms.